The molecule has 1 fully saturated rings. The number of terminal acetylenes is 1. The SMILES string of the molecule is C#CCN(Cc1ccc(CNCCC)o1)CC1CC1. The summed E-state index contributed by atoms with van der Waals surface area (Å²) in [4.78, 5) is 2.31. The van der Waals surface area contributed by atoms with Crippen LogP contribution < -0.4 is 5.32 Å². The molecular weight excluding hydrogens is 236 g/mol. The van der Waals surface area contributed by atoms with Crippen LogP contribution in [0.3, 0.4) is 0 Å². The average Bonchev–Trinajstić information content (AvgIpc) is 3.09. The number of nitrogens with zero attached hydrogens (tertiary/aromatic N) is 1. The van der Waals surface area contributed by atoms with Crippen molar-refractivity contribution >= 4 is 0 Å². The highest BCUT2D eigenvalue weighted by Crippen LogP contribution is 2.30. The van der Waals surface area contributed by atoms with E-state index in [9.17, 15) is 0 Å². The molecule has 1 N–H and O–H groups in total. The maximum atomic E-state index is 5.84. The molecule has 0 radical (unpaired) electrons. The van der Waals surface area contributed by atoms with Crippen molar-refractivity contribution < 1.29 is 4.42 Å². The molecule has 19 heavy (non-hydrogen) atoms. The van der Waals surface area contributed by atoms with Crippen molar-refractivity contribution in [3.8, 4) is 12.3 Å². The fourth-order valence-electron chi connectivity index (χ4n) is 2.19. The van der Waals surface area contributed by atoms with Crippen LogP contribution in [0.15, 0.2) is 16.5 Å². The van der Waals surface area contributed by atoms with Crippen molar-refractivity contribution in [3.63, 3.8) is 0 Å². The summed E-state index contributed by atoms with van der Waals surface area (Å²) in [6.07, 6.45) is 9.28. The molecule has 0 aromatic carbocycles. The Balaban J connectivity index is 1.80. The second-order valence-corrected chi connectivity index (χ2v) is 5.36. The van der Waals surface area contributed by atoms with Gasteiger partial charge in [-0.05, 0) is 43.9 Å². The zero-order valence-corrected chi connectivity index (χ0v) is 11.8. The Morgan fingerprint density at radius 3 is 2.89 bits per heavy atom. The largest absolute Gasteiger partial charge is 0.463 e. The van der Waals surface area contributed by atoms with E-state index < -0.39 is 0 Å². The molecule has 1 saturated carbocycles. The van der Waals surface area contributed by atoms with Crippen molar-refractivity contribution in [1.82, 2.24) is 10.2 Å². The van der Waals surface area contributed by atoms with E-state index in [1.165, 1.54) is 12.8 Å². The van der Waals surface area contributed by atoms with Crippen molar-refractivity contribution in [2.24, 2.45) is 5.92 Å². The molecule has 0 amide bonds. The average molecular weight is 260 g/mol. The molecule has 1 aliphatic carbocycles. The van der Waals surface area contributed by atoms with E-state index in [4.69, 9.17) is 10.8 Å². The minimum Gasteiger partial charge on any atom is -0.463 e. The van der Waals surface area contributed by atoms with Crippen molar-refractivity contribution in [2.45, 2.75) is 39.3 Å². The van der Waals surface area contributed by atoms with Gasteiger partial charge in [-0.2, -0.15) is 0 Å². The minimum atomic E-state index is 0.709. The van der Waals surface area contributed by atoms with Crippen LogP contribution in [-0.4, -0.2) is 24.5 Å². The number of hydrogen-bond donors (Lipinski definition) is 1. The number of rotatable bonds is 9. The Bertz CT molecular complexity index is 415. The van der Waals surface area contributed by atoms with Gasteiger partial charge in [0.05, 0.1) is 19.6 Å². The van der Waals surface area contributed by atoms with E-state index in [1.54, 1.807) is 0 Å². The van der Waals surface area contributed by atoms with Crippen LogP contribution >= 0.6 is 0 Å². The van der Waals surface area contributed by atoms with Gasteiger partial charge in [-0.1, -0.05) is 12.8 Å². The third kappa shape index (κ3) is 5.10. The third-order valence-corrected chi connectivity index (χ3v) is 3.35. The van der Waals surface area contributed by atoms with E-state index in [1.807, 2.05) is 0 Å². The fraction of sp³-hybridized carbons (Fsp3) is 0.625. The van der Waals surface area contributed by atoms with Crippen molar-refractivity contribution in [3.05, 3.63) is 23.7 Å². The lowest BCUT2D eigenvalue weighted by Gasteiger charge is -2.17. The lowest BCUT2D eigenvalue weighted by atomic mass is 10.3. The molecule has 1 aromatic rings. The van der Waals surface area contributed by atoms with Gasteiger partial charge in [0.15, 0.2) is 0 Å². The molecule has 0 aliphatic heterocycles. The lowest BCUT2D eigenvalue weighted by Crippen LogP contribution is -2.25. The molecule has 0 spiro atoms. The molecule has 0 unspecified atom stereocenters. The highest BCUT2D eigenvalue weighted by Gasteiger charge is 2.24. The zero-order valence-electron chi connectivity index (χ0n) is 11.8. The van der Waals surface area contributed by atoms with Crippen LogP contribution in [0, 0.1) is 18.3 Å². The van der Waals surface area contributed by atoms with Gasteiger partial charge in [-0.15, -0.1) is 6.42 Å². The van der Waals surface area contributed by atoms with Gasteiger partial charge < -0.3 is 9.73 Å². The second-order valence-electron chi connectivity index (χ2n) is 5.36. The van der Waals surface area contributed by atoms with Crippen LogP contribution in [0.4, 0.5) is 0 Å². The Morgan fingerprint density at radius 2 is 2.21 bits per heavy atom. The zero-order chi connectivity index (χ0) is 13.5. The van der Waals surface area contributed by atoms with Gasteiger partial charge in [-0.3, -0.25) is 4.90 Å². The first kappa shape index (κ1) is 14.2. The van der Waals surface area contributed by atoms with Gasteiger partial charge in [0, 0.05) is 6.54 Å². The fourth-order valence-corrected chi connectivity index (χ4v) is 2.19. The molecule has 1 aliphatic rings. The smallest absolute Gasteiger partial charge is 0.118 e. The van der Waals surface area contributed by atoms with Gasteiger partial charge >= 0.3 is 0 Å². The Morgan fingerprint density at radius 1 is 1.42 bits per heavy atom. The Hall–Kier alpha value is -1.24. The molecule has 0 saturated heterocycles. The van der Waals surface area contributed by atoms with Gasteiger partial charge in [0.1, 0.15) is 11.5 Å². The summed E-state index contributed by atoms with van der Waals surface area (Å²) in [5.74, 6) is 5.62. The van der Waals surface area contributed by atoms with Gasteiger partial charge in [0.25, 0.3) is 0 Å². The van der Waals surface area contributed by atoms with Gasteiger partial charge in [0.2, 0.25) is 0 Å². The molecule has 1 heterocycles. The predicted octanol–water partition coefficient (Wildman–Crippen LogP) is 2.62. The topological polar surface area (TPSA) is 28.4 Å². The van der Waals surface area contributed by atoms with Crippen molar-refractivity contribution in [2.75, 3.05) is 19.6 Å². The monoisotopic (exact) mass is 260 g/mol. The molecule has 3 heteroatoms. The number of hydrogen-bond acceptors (Lipinski definition) is 3. The standard InChI is InChI=1S/C16H24N2O/c1-3-9-17-11-15-7-8-16(19-15)13-18(10-4-2)12-14-5-6-14/h2,7-8,14,17H,3,5-6,9-13H2,1H3. The highest BCUT2D eigenvalue weighted by molar-refractivity contribution is 5.07. The Labute approximate surface area is 116 Å². The summed E-state index contributed by atoms with van der Waals surface area (Å²) in [6.45, 7) is 6.64. The molecule has 104 valence electrons. The number of furan rings is 1. The quantitative estimate of drug-likeness (QED) is 0.546. The molecular formula is C16H24N2O. The van der Waals surface area contributed by atoms with E-state index >= 15 is 0 Å². The molecule has 1 aromatic heterocycles. The lowest BCUT2D eigenvalue weighted by molar-refractivity contribution is 0.258. The summed E-state index contributed by atoms with van der Waals surface area (Å²) in [5, 5.41) is 3.35. The number of nitrogens with one attached hydrogen (secondary N) is 1. The molecule has 0 atom stereocenters. The summed E-state index contributed by atoms with van der Waals surface area (Å²) < 4.78 is 5.84. The normalized spacial score (nSPS) is 14.8. The second kappa shape index (κ2) is 7.37. The third-order valence-electron chi connectivity index (χ3n) is 3.35. The Kier molecular flexibility index (Phi) is 5.50. The van der Waals surface area contributed by atoms with E-state index in [0.717, 1.165) is 50.0 Å². The van der Waals surface area contributed by atoms with Crippen LogP contribution in [0.2, 0.25) is 0 Å². The van der Waals surface area contributed by atoms with Crippen molar-refractivity contribution in [1.29, 1.82) is 0 Å². The maximum absolute atomic E-state index is 5.84. The summed E-state index contributed by atoms with van der Waals surface area (Å²) in [7, 11) is 0. The summed E-state index contributed by atoms with van der Waals surface area (Å²) in [5.41, 5.74) is 0. The van der Waals surface area contributed by atoms with E-state index in [0.29, 0.717) is 6.54 Å². The first-order valence-corrected chi connectivity index (χ1v) is 7.26. The molecule has 0 bridgehead atoms. The minimum absolute atomic E-state index is 0.709. The maximum Gasteiger partial charge on any atom is 0.118 e. The van der Waals surface area contributed by atoms with Crippen LogP contribution in [0.5, 0.6) is 0 Å². The highest BCUT2D eigenvalue weighted by atomic mass is 16.3. The molecule has 2 rings (SSSR count). The van der Waals surface area contributed by atoms with E-state index in [2.05, 4.69) is 35.2 Å². The summed E-state index contributed by atoms with van der Waals surface area (Å²) >= 11 is 0. The van der Waals surface area contributed by atoms with E-state index in [-0.39, 0.29) is 0 Å². The first-order valence-electron chi connectivity index (χ1n) is 7.26. The van der Waals surface area contributed by atoms with Crippen LogP contribution in [-0.2, 0) is 13.1 Å². The summed E-state index contributed by atoms with van der Waals surface area (Å²) in [6, 6.07) is 4.13. The molecule has 3 nitrogen and oxygen atoms in total. The van der Waals surface area contributed by atoms with Crippen LogP contribution in [0.1, 0.15) is 37.7 Å². The van der Waals surface area contributed by atoms with Crippen LogP contribution in [0.25, 0.3) is 0 Å². The predicted molar refractivity (Wildman–Crippen MR) is 77.5 cm³/mol. The first-order chi connectivity index (χ1) is 9.31. The van der Waals surface area contributed by atoms with Gasteiger partial charge in [-0.25, -0.2) is 0 Å².